The zero-order valence-electron chi connectivity index (χ0n) is 14.1. The van der Waals surface area contributed by atoms with Crippen LogP contribution in [0.5, 0.6) is 0 Å². The number of carboxylic acid groups (broad SMARTS) is 1. The molecule has 5 heteroatoms. The Morgan fingerprint density at radius 1 is 1.33 bits per heavy atom. The second-order valence-corrected chi connectivity index (χ2v) is 7.11. The van der Waals surface area contributed by atoms with E-state index in [-0.39, 0.29) is 25.0 Å². The maximum atomic E-state index is 13.2. The Morgan fingerprint density at radius 2 is 2.04 bits per heavy atom. The minimum absolute atomic E-state index is 0.0742. The monoisotopic (exact) mass is 331 g/mol. The van der Waals surface area contributed by atoms with Crippen molar-refractivity contribution in [2.45, 2.75) is 31.6 Å². The average Bonchev–Trinajstić information content (AvgIpc) is 3.41. The normalized spacial score (nSPS) is 25.3. The lowest BCUT2D eigenvalue weighted by atomic mass is 9.79. The molecule has 1 saturated heterocycles. The molecule has 0 radical (unpaired) electrons. The summed E-state index contributed by atoms with van der Waals surface area (Å²) in [6.45, 7) is 1.02. The van der Waals surface area contributed by atoms with Crippen LogP contribution in [-0.4, -0.2) is 48.7 Å². The van der Waals surface area contributed by atoms with Gasteiger partial charge in [-0.3, -0.25) is 9.59 Å². The van der Waals surface area contributed by atoms with Crippen LogP contribution in [0.2, 0.25) is 0 Å². The Kier molecular flexibility index (Phi) is 4.90. The highest BCUT2D eigenvalue weighted by Crippen LogP contribution is 2.44. The van der Waals surface area contributed by atoms with Gasteiger partial charge in [-0.25, -0.2) is 0 Å². The first-order valence-corrected chi connectivity index (χ1v) is 8.63. The third kappa shape index (κ3) is 3.31. The molecule has 0 spiro atoms. The fourth-order valence-corrected chi connectivity index (χ4v) is 3.85. The van der Waals surface area contributed by atoms with Gasteiger partial charge in [-0.2, -0.15) is 0 Å². The highest BCUT2D eigenvalue weighted by molar-refractivity contribution is 5.86. The number of benzene rings is 1. The van der Waals surface area contributed by atoms with Crippen LogP contribution in [-0.2, 0) is 14.3 Å². The second kappa shape index (κ2) is 6.93. The van der Waals surface area contributed by atoms with Crippen LogP contribution in [0.15, 0.2) is 30.3 Å². The van der Waals surface area contributed by atoms with Gasteiger partial charge in [0.25, 0.3) is 0 Å². The van der Waals surface area contributed by atoms with Gasteiger partial charge in [0.05, 0.1) is 12.5 Å². The van der Waals surface area contributed by atoms with E-state index in [1.807, 2.05) is 30.3 Å². The zero-order valence-corrected chi connectivity index (χ0v) is 14.1. The van der Waals surface area contributed by atoms with Crippen LogP contribution in [0.1, 0.15) is 37.2 Å². The summed E-state index contributed by atoms with van der Waals surface area (Å²) in [4.78, 5) is 26.7. The molecule has 0 bridgehead atoms. The number of carbonyl (C=O) groups is 2. The van der Waals surface area contributed by atoms with Crippen molar-refractivity contribution in [3.63, 3.8) is 0 Å². The molecule has 24 heavy (non-hydrogen) atoms. The Balaban J connectivity index is 1.81. The minimum atomic E-state index is -0.979. The van der Waals surface area contributed by atoms with Crippen LogP contribution in [0.3, 0.4) is 0 Å². The number of carboxylic acids is 1. The van der Waals surface area contributed by atoms with Gasteiger partial charge in [0.2, 0.25) is 5.91 Å². The highest BCUT2D eigenvalue weighted by Gasteiger charge is 2.46. The first kappa shape index (κ1) is 17.0. The fraction of sp³-hybridized carbons (Fsp3) is 0.579. The molecule has 2 atom stereocenters. The van der Waals surface area contributed by atoms with Crippen molar-refractivity contribution < 1.29 is 19.4 Å². The quantitative estimate of drug-likeness (QED) is 0.870. The van der Waals surface area contributed by atoms with Gasteiger partial charge in [-0.05, 0) is 37.2 Å². The Morgan fingerprint density at radius 3 is 2.62 bits per heavy atom. The topological polar surface area (TPSA) is 66.8 Å². The van der Waals surface area contributed by atoms with Crippen molar-refractivity contribution >= 4 is 11.9 Å². The van der Waals surface area contributed by atoms with E-state index in [1.54, 1.807) is 4.90 Å². The van der Waals surface area contributed by atoms with E-state index in [0.717, 1.165) is 18.4 Å². The van der Waals surface area contributed by atoms with Crippen LogP contribution in [0.4, 0.5) is 0 Å². The molecule has 1 amide bonds. The zero-order chi connectivity index (χ0) is 17.2. The van der Waals surface area contributed by atoms with E-state index < -0.39 is 11.4 Å². The second-order valence-electron chi connectivity index (χ2n) is 7.11. The maximum Gasteiger partial charge on any atom is 0.313 e. The minimum Gasteiger partial charge on any atom is -0.481 e. The summed E-state index contributed by atoms with van der Waals surface area (Å²) in [6, 6.07) is 9.88. The van der Waals surface area contributed by atoms with E-state index in [0.29, 0.717) is 25.3 Å². The summed E-state index contributed by atoms with van der Waals surface area (Å²) < 4.78 is 5.16. The van der Waals surface area contributed by atoms with Gasteiger partial charge < -0.3 is 14.7 Å². The molecule has 1 heterocycles. The SMILES string of the molecule is COCC1(C(=O)O)CCCN(C(=O)C(c2ccccc2)C2CC2)C1. The summed E-state index contributed by atoms with van der Waals surface area (Å²) in [5.41, 5.74) is 0.0659. The number of hydrogen-bond donors (Lipinski definition) is 1. The van der Waals surface area contributed by atoms with Crippen LogP contribution in [0, 0.1) is 11.3 Å². The largest absolute Gasteiger partial charge is 0.481 e. The molecule has 2 fully saturated rings. The molecule has 1 aliphatic carbocycles. The van der Waals surface area contributed by atoms with Gasteiger partial charge in [-0.1, -0.05) is 30.3 Å². The van der Waals surface area contributed by atoms with Gasteiger partial charge in [0.1, 0.15) is 5.41 Å². The van der Waals surface area contributed by atoms with E-state index in [9.17, 15) is 14.7 Å². The van der Waals surface area contributed by atoms with Crippen molar-refractivity contribution in [3.05, 3.63) is 35.9 Å². The van der Waals surface area contributed by atoms with Gasteiger partial charge in [0, 0.05) is 20.2 Å². The van der Waals surface area contributed by atoms with Gasteiger partial charge in [0.15, 0.2) is 0 Å². The number of piperidine rings is 1. The number of likely N-dealkylation sites (tertiary alicyclic amines) is 1. The number of hydrogen-bond acceptors (Lipinski definition) is 3. The van der Waals surface area contributed by atoms with E-state index in [2.05, 4.69) is 0 Å². The molecule has 1 aromatic rings. The summed E-state index contributed by atoms with van der Waals surface area (Å²) >= 11 is 0. The third-order valence-electron chi connectivity index (χ3n) is 5.28. The molecule has 1 N–H and O–H groups in total. The standard InChI is InChI=1S/C19H25NO4/c1-24-13-19(18(22)23)10-5-11-20(12-19)17(21)16(15-8-9-15)14-6-3-2-4-7-14/h2-4,6-7,15-16H,5,8-13H2,1H3,(H,22,23). The first-order valence-electron chi connectivity index (χ1n) is 8.63. The molecule has 1 aliphatic heterocycles. The molecule has 3 rings (SSSR count). The molecule has 1 aromatic carbocycles. The van der Waals surface area contributed by atoms with Crippen LogP contribution in [0.25, 0.3) is 0 Å². The summed E-state index contributed by atoms with van der Waals surface area (Å²) in [5, 5.41) is 9.68. The molecule has 0 aromatic heterocycles. The summed E-state index contributed by atoms with van der Waals surface area (Å²) in [6.07, 6.45) is 3.40. The fourth-order valence-electron chi connectivity index (χ4n) is 3.85. The van der Waals surface area contributed by atoms with Crippen LogP contribution < -0.4 is 0 Å². The Labute approximate surface area is 142 Å². The summed E-state index contributed by atoms with van der Waals surface area (Å²) in [5.74, 6) is -0.545. The molecule has 130 valence electrons. The van der Waals surface area contributed by atoms with Gasteiger partial charge >= 0.3 is 5.97 Å². The van der Waals surface area contributed by atoms with Gasteiger partial charge in [-0.15, -0.1) is 0 Å². The molecule has 2 unspecified atom stereocenters. The van der Waals surface area contributed by atoms with Crippen molar-refractivity contribution in [2.24, 2.45) is 11.3 Å². The first-order chi connectivity index (χ1) is 11.6. The molecule has 1 saturated carbocycles. The van der Waals surface area contributed by atoms with E-state index in [4.69, 9.17) is 4.74 Å². The number of methoxy groups -OCH3 is 1. The van der Waals surface area contributed by atoms with Crippen molar-refractivity contribution in [3.8, 4) is 0 Å². The predicted octanol–water partition coefficient (Wildman–Crippen LogP) is 2.52. The van der Waals surface area contributed by atoms with Crippen LogP contribution >= 0.6 is 0 Å². The molecule has 2 aliphatic rings. The number of amides is 1. The number of nitrogens with zero attached hydrogens (tertiary/aromatic N) is 1. The number of aliphatic carboxylic acids is 1. The molecule has 5 nitrogen and oxygen atoms in total. The smallest absolute Gasteiger partial charge is 0.313 e. The summed E-state index contributed by atoms with van der Waals surface area (Å²) in [7, 11) is 1.52. The molecular weight excluding hydrogens is 306 g/mol. The lowest BCUT2D eigenvalue weighted by Gasteiger charge is -2.40. The van der Waals surface area contributed by atoms with Crippen molar-refractivity contribution in [1.29, 1.82) is 0 Å². The third-order valence-corrected chi connectivity index (χ3v) is 5.28. The Hall–Kier alpha value is -1.88. The van der Waals surface area contributed by atoms with Crippen molar-refractivity contribution in [2.75, 3.05) is 26.8 Å². The highest BCUT2D eigenvalue weighted by atomic mass is 16.5. The van der Waals surface area contributed by atoms with E-state index in [1.165, 1.54) is 7.11 Å². The Bertz CT molecular complexity index is 595. The van der Waals surface area contributed by atoms with E-state index >= 15 is 0 Å². The molecular formula is C19H25NO4. The predicted molar refractivity (Wildman–Crippen MR) is 89.7 cm³/mol. The number of carbonyl (C=O) groups excluding carboxylic acids is 1. The lowest BCUT2D eigenvalue weighted by molar-refractivity contribution is -0.159. The maximum absolute atomic E-state index is 13.2. The van der Waals surface area contributed by atoms with Crippen molar-refractivity contribution in [1.82, 2.24) is 4.90 Å². The number of rotatable bonds is 6. The number of ether oxygens (including phenoxy) is 1. The lowest BCUT2D eigenvalue weighted by Crippen LogP contribution is -2.53. The average molecular weight is 331 g/mol.